The van der Waals surface area contributed by atoms with Gasteiger partial charge in [0.25, 0.3) is 0 Å². The summed E-state index contributed by atoms with van der Waals surface area (Å²) in [6.45, 7) is 0.973. The number of nitrogens with two attached hydrogens (primary N) is 1. The van der Waals surface area contributed by atoms with Gasteiger partial charge < -0.3 is 15.4 Å². The maximum absolute atomic E-state index is 5.84. The second-order valence-electron chi connectivity index (χ2n) is 4.25. The Morgan fingerprint density at radius 2 is 2.32 bits per heavy atom. The normalized spacial score (nSPS) is 14.7. The maximum Gasteiger partial charge on any atom is 0.213 e. The van der Waals surface area contributed by atoms with Crippen LogP contribution in [0.1, 0.15) is 12.8 Å². The molecule has 19 heavy (non-hydrogen) atoms. The first-order chi connectivity index (χ1) is 8.66. The number of aromatic nitrogens is 1. The van der Waals surface area contributed by atoms with E-state index in [1.165, 1.54) is 12.8 Å². The molecule has 0 spiro atoms. The van der Waals surface area contributed by atoms with Crippen LogP contribution in [0.5, 0.6) is 5.88 Å². The minimum atomic E-state index is 0. The third-order valence-corrected chi connectivity index (χ3v) is 2.99. The number of rotatable bonds is 5. The molecule has 0 atom stereocenters. The zero-order chi connectivity index (χ0) is 13.0. The van der Waals surface area contributed by atoms with Gasteiger partial charge in [-0.25, -0.2) is 9.98 Å². The molecule has 1 aromatic rings. The molecule has 0 radical (unpaired) electrons. The van der Waals surface area contributed by atoms with Gasteiger partial charge in [-0.3, -0.25) is 0 Å². The third kappa shape index (κ3) is 5.40. The van der Waals surface area contributed by atoms with Gasteiger partial charge in [0, 0.05) is 25.4 Å². The van der Waals surface area contributed by atoms with Crippen LogP contribution in [0.25, 0.3) is 0 Å². The summed E-state index contributed by atoms with van der Waals surface area (Å²) in [5.41, 5.74) is 5.84. The summed E-state index contributed by atoms with van der Waals surface area (Å²) in [6, 6.07) is 4.04. The molecule has 1 heterocycles. The first kappa shape index (κ1) is 16.3. The first-order valence-electron chi connectivity index (χ1n) is 5.94. The van der Waals surface area contributed by atoms with Crippen molar-refractivity contribution in [1.82, 2.24) is 9.88 Å². The molecule has 1 aliphatic rings. The van der Waals surface area contributed by atoms with Crippen LogP contribution < -0.4 is 10.5 Å². The number of halogens is 2. The van der Waals surface area contributed by atoms with E-state index in [4.69, 9.17) is 22.1 Å². The molecule has 1 aliphatic carbocycles. The Bertz CT molecular complexity index is 422. The molecule has 0 aromatic carbocycles. The van der Waals surface area contributed by atoms with E-state index in [2.05, 4.69) is 9.98 Å². The van der Waals surface area contributed by atoms with Gasteiger partial charge in [-0.1, -0.05) is 11.6 Å². The predicted octanol–water partition coefficient (Wildman–Crippen LogP) is 2.14. The van der Waals surface area contributed by atoms with Crippen molar-refractivity contribution in [2.45, 2.75) is 18.9 Å². The van der Waals surface area contributed by atoms with Crippen molar-refractivity contribution in [2.24, 2.45) is 10.7 Å². The molecule has 0 unspecified atom stereocenters. The summed E-state index contributed by atoms with van der Waals surface area (Å²) in [5, 5.41) is 0.593. The zero-order valence-corrected chi connectivity index (χ0v) is 13.8. The Kier molecular flexibility index (Phi) is 6.64. The van der Waals surface area contributed by atoms with Crippen molar-refractivity contribution >= 4 is 41.5 Å². The Labute approximate surface area is 135 Å². The second-order valence-corrected chi connectivity index (χ2v) is 4.68. The van der Waals surface area contributed by atoms with Crippen LogP contribution in [0.3, 0.4) is 0 Å². The highest BCUT2D eigenvalue weighted by atomic mass is 127. The molecule has 2 N–H and O–H groups in total. The van der Waals surface area contributed by atoms with Crippen LogP contribution in [0.2, 0.25) is 5.02 Å². The fourth-order valence-corrected chi connectivity index (χ4v) is 1.63. The molecule has 0 saturated heterocycles. The number of pyridine rings is 1. The molecule has 1 saturated carbocycles. The number of hydrogen-bond acceptors (Lipinski definition) is 3. The molecular formula is C12H18ClIN4O. The Hall–Kier alpha value is -0.760. The summed E-state index contributed by atoms with van der Waals surface area (Å²) >= 11 is 5.72. The highest BCUT2D eigenvalue weighted by Gasteiger charge is 2.27. The van der Waals surface area contributed by atoms with E-state index in [0.717, 1.165) is 0 Å². The topological polar surface area (TPSA) is 63.7 Å². The number of ether oxygens (including phenoxy) is 1. The SMILES string of the molecule is CN(C(N)=NCCOc1ccc(Cl)cn1)C1CC1.I. The number of aliphatic imine (C=N–C) groups is 1. The minimum Gasteiger partial charge on any atom is -0.476 e. The van der Waals surface area contributed by atoms with Gasteiger partial charge in [-0.15, -0.1) is 24.0 Å². The fraction of sp³-hybridized carbons (Fsp3) is 0.500. The molecule has 2 rings (SSSR count). The van der Waals surface area contributed by atoms with Crippen LogP contribution in [0.4, 0.5) is 0 Å². The Balaban J connectivity index is 0.00000180. The van der Waals surface area contributed by atoms with Crippen LogP contribution in [-0.2, 0) is 0 Å². The fourth-order valence-electron chi connectivity index (χ4n) is 1.52. The highest BCUT2D eigenvalue weighted by Crippen LogP contribution is 2.24. The number of guanidine groups is 1. The van der Waals surface area contributed by atoms with E-state index in [0.29, 0.717) is 36.1 Å². The lowest BCUT2D eigenvalue weighted by Crippen LogP contribution is -2.36. The summed E-state index contributed by atoms with van der Waals surface area (Å²) in [4.78, 5) is 10.3. The maximum atomic E-state index is 5.84. The van der Waals surface area contributed by atoms with Crippen LogP contribution in [0.15, 0.2) is 23.3 Å². The van der Waals surface area contributed by atoms with E-state index < -0.39 is 0 Å². The minimum absolute atomic E-state index is 0. The van der Waals surface area contributed by atoms with Crippen molar-refractivity contribution in [1.29, 1.82) is 0 Å². The molecule has 7 heteroatoms. The predicted molar refractivity (Wildman–Crippen MR) is 87.4 cm³/mol. The largest absolute Gasteiger partial charge is 0.476 e. The van der Waals surface area contributed by atoms with E-state index in [1.54, 1.807) is 18.3 Å². The molecule has 1 aromatic heterocycles. The quantitative estimate of drug-likeness (QED) is 0.358. The summed E-state index contributed by atoms with van der Waals surface area (Å²) in [7, 11) is 1.97. The first-order valence-corrected chi connectivity index (χ1v) is 6.31. The summed E-state index contributed by atoms with van der Waals surface area (Å²) in [6.07, 6.45) is 3.96. The van der Waals surface area contributed by atoms with Crippen LogP contribution in [-0.4, -0.2) is 42.1 Å². The zero-order valence-electron chi connectivity index (χ0n) is 10.8. The van der Waals surface area contributed by atoms with Crippen LogP contribution >= 0.6 is 35.6 Å². The van der Waals surface area contributed by atoms with Gasteiger partial charge in [-0.2, -0.15) is 0 Å². The Morgan fingerprint density at radius 1 is 1.58 bits per heavy atom. The van der Waals surface area contributed by atoms with Gasteiger partial charge in [0.15, 0.2) is 5.96 Å². The summed E-state index contributed by atoms with van der Waals surface area (Å²) < 4.78 is 5.42. The van der Waals surface area contributed by atoms with Crippen molar-refractivity contribution in [3.63, 3.8) is 0 Å². The van der Waals surface area contributed by atoms with Gasteiger partial charge in [0.2, 0.25) is 5.88 Å². The smallest absolute Gasteiger partial charge is 0.213 e. The third-order valence-electron chi connectivity index (χ3n) is 2.77. The lowest BCUT2D eigenvalue weighted by atomic mass is 10.5. The van der Waals surface area contributed by atoms with E-state index in [-0.39, 0.29) is 24.0 Å². The van der Waals surface area contributed by atoms with Gasteiger partial charge >= 0.3 is 0 Å². The average Bonchev–Trinajstić information content (AvgIpc) is 3.20. The van der Waals surface area contributed by atoms with Crippen molar-refractivity contribution in [3.05, 3.63) is 23.4 Å². The standard InChI is InChI=1S/C12H17ClN4O.HI/c1-17(10-3-4-10)12(14)15-6-7-18-11-5-2-9(13)8-16-11;/h2,5,8,10H,3-4,6-7H2,1H3,(H2,14,15);1H. The lowest BCUT2D eigenvalue weighted by Gasteiger charge is -2.16. The van der Waals surface area contributed by atoms with Gasteiger partial charge in [0.05, 0.1) is 11.6 Å². The van der Waals surface area contributed by atoms with Gasteiger partial charge in [0.1, 0.15) is 6.61 Å². The average molecular weight is 397 g/mol. The molecule has 106 valence electrons. The van der Waals surface area contributed by atoms with E-state index in [9.17, 15) is 0 Å². The van der Waals surface area contributed by atoms with Crippen molar-refractivity contribution in [2.75, 3.05) is 20.2 Å². The second kappa shape index (κ2) is 7.74. The molecule has 1 fully saturated rings. The van der Waals surface area contributed by atoms with Crippen LogP contribution in [0, 0.1) is 0 Å². The molecule has 0 amide bonds. The summed E-state index contributed by atoms with van der Waals surface area (Å²) in [5.74, 6) is 1.12. The number of hydrogen-bond donors (Lipinski definition) is 1. The molecule has 5 nitrogen and oxygen atoms in total. The van der Waals surface area contributed by atoms with Crippen molar-refractivity contribution < 1.29 is 4.74 Å². The molecular weight excluding hydrogens is 379 g/mol. The molecule has 0 bridgehead atoms. The van der Waals surface area contributed by atoms with Gasteiger partial charge in [-0.05, 0) is 18.9 Å². The monoisotopic (exact) mass is 396 g/mol. The lowest BCUT2D eigenvalue weighted by molar-refractivity contribution is 0.315. The molecule has 0 aliphatic heterocycles. The van der Waals surface area contributed by atoms with E-state index in [1.807, 2.05) is 11.9 Å². The van der Waals surface area contributed by atoms with E-state index >= 15 is 0 Å². The highest BCUT2D eigenvalue weighted by molar-refractivity contribution is 14.0. The van der Waals surface area contributed by atoms with Crippen molar-refractivity contribution in [3.8, 4) is 5.88 Å². The Morgan fingerprint density at radius 3 is 2.89 bits per heavy atom. The number of nitrogens with zero attached hydrogens (tertiary/aromatic N) is 3.